The van der Waals surface area contributed by atoms with E-state index in [0.29, 0.717) is 18.2 Å². The lowest BCUT2D eigenvalue weighted by Gasteiger charge is -2.27. The number of fused-ring (bicyclic) bond motifs is 1. The van der Waals surface area contributed by atoms with Crippen LogP contribution in [0.15, 0.2) is 45.9 Å². The molecule has 3 aromatic heterocycles. The van der Waals surface area contributed by atoms with Crippen molar-refractivity contribution in [3.05, 3.63) is 58.5 Å². The molecular formula is C17H20N4O2. The Bertz CT molecular complexity index is 828. The van der Waals surface area contributed by atoms with Crippen LogP contribution in [-0.2, 0) is 13.1 Å². The van der Waals surface area contributed by atoms with Crippen molar-refractivity contribution >= 4 is 5.65 Å². The van der Waals surface area contributed by atoms with Gasteiger partial charge in [0.05, 0.1) is 18.5 Å². The number of nitrogens with one attached hydrogen (secondary N) is 1. The zero-order chi connectivity index (χ0) is 15.6. The third-order valence-corrected chi connectivity index (χ3v) is 4.58. The van der Waals surface area contributed by atoms with Crippen LogP contribution in [0.2, 0.25) is 0 Å². The maximum Gasteiger partial charge on any atom is 0.272 e. The van der Waals surface area contributed by atoms with Gasteiger partial charge in [-0.2, -0.15) is 0 Å². The highest BCUT2D eigenvalue weighted by molar-refractivity contribution is 5.36. The second-order valence-electron chi connectivity index (χ2n) is 6.16. The summed E-state index contributed by atoms with van der Waals surface area (Å²) >= 11 is 0. The minimum absolute atomic E-state index is 0.0700. The third kappa shape index (κ3) is 2.94. The largest absolute Gasteiger partial charge is 0.468 e. The standard InChI is InChI=1S/C17H20N4O2/c22-17-10-13(19-16-7-8-18-21(16)17)11-20(14-4-1-2-5-14)12-15-6-3-9-23-15/h3,6-10,14,18H,1-2,4-5,11-12H2. The van der Waals surface area contributed by atoms with Crippen molar-refractivity contribution in [3.8, 4) is 0 Å². The molecule has 1 aliphatic rings. The number of nitrogens with zero attached hydrogens (tertiary/aromatic N) is 3. The molecule has 0 saturated heterocycles. The van der Waals surface area contributed by atoms with Crippen molar-refractivity contribution in [1.29, 1.82) is 0 Å². The fraction of sp³-hybridized carbons (Fsp3) is 0.412. The van der Waals surface area contributed by atoms with Gasteiger partial charge in [0.1, 0.15) is 5.76 Å². The first kappa shape index (κ1) is 14.3. The molecule has 0 amide bonds. The molecule has 0 unspecified atom stereocenters. The molecule has 6 heteroatoms. The molecule has 0 aromatic carbocycles. The molecule has 0 aliphatic heterocycles. The topological polar surface area (TPSA) is 66.5 Å². The Morgan fingerprint density at radius 1 is 1.30 bits per heavy atom. The van der Waals surface area contributed by atoms with E-state index in [2.05, 4.69) is 15.0 Å². The lowest BCUT2D eigenvalue weighted by atomic mass is 10.2. The van der Waals surface area contributed by atoms with E-state index in [4.69, 9.17) is 4.42 Å². The van der Waals surface area contributed by atoms with Crippen LogP contribution in [0.1, 0.15) is 37.1 Å². The summed E-state index contributed by atoms with van der Waals surface area (Å²) in [4.78, 5) is 19.1. The van der Waals surface area contributed by atoms with Gasteiger partial charge in [-0.15, -0.1) is 0 Å². The van der Waals surface area contributed by atoms with E-state index < -0.39 is 0 Å². The van der Waals surface area contributed by atoms with Gasteiger partial charge in [0.25, 0.3) is 5.56 Å². The van der Waals surface area contributed by atoms with E-state index in [0.717, 1.165) is 18.0 Å². The molecule has 0 atom stereocenters. The Balaban J connectivity index is 1.61. The lowest BCUT2D eigenvalue weighted by molar-refractivity contribution is 0.165. The highest BCUT2D eigenvalue weighted by Crippen LogP contribution is 2.26. The van der Waals surface area contributed by atoms with Gasteiger partial charge in [0.2, 0.25) is 0 Å². The van der Waals surface area contributed by atoms with E-state index >= 15 is 0 Å². The van der Waals surface area contributed by atoms with Crippen molar-refractivity contribution in [3.63, 3.8) is 0 Å². The number of aromatic nitrogens is 3. The summed E-state index contributed by atoms with van der Waals surface area (Å²) in [6.45, 7) is 1.42. The Morgan fingerprint density at radius 3 is 2.96 bits per heavy atom. The van der Waals surface area contributed by atoms with Gasteiger partial charge in [0.15, 0.2) is 5.65 Å². The molecule has 0 radical (unpaired) electrons. The van der Waals surface area contributed by atoms with Gasteiger partial charge in [-0.05, 0) is 25.0 Å². The van der Waals surface area contributed by atoms with Crippen LogP contribution < -0.4 is 5.56 Å². The van der Waals surface area contributed by atoms with Crippen molar-refractivity contribution in [1.82, 2.24) is 19.5 Å². The van der Waals surface area contributed by atoms with Gasteiger partial charge >= 0.3 is 0 Å². The van der Waals surface area contributed by atoms with Crippen molar-refractivity contribution in [2.75, 3.05) is 0 Å². The number of rotatable bonds is 5. The van der Waals surface area contributed by atoms with Gasteiger partial charge in [-0.3, -0.25) is 14.8 Å². The Hall–Kier alpha value is -2.34. The third-order valence-electron chi connectivity index (χ3n) is 4.58. The van der Waals surface area contributed by atoms with E-state index in [1.54, 1.807) is 18.5 Å². The molecule has 1 fully saturated rings. The Labute approximate surface area is 133 Å². The quantitative estimate of drug-likeness (QED) is 0.786. The SMILES string of the molecule is O=c1cc(CN(Cc2ccco2)C2CCCC2)nc2cc[nH]n12. The number of aromatic amines is 1. The number of furan rings is 1. The molecule has 3 heterocycles. The number of hydrogen-bond donors (Lipinski definition) is 1. The lowest BCUT2D eigenvalue weighted by Crippen LogP contribution is -2.33. The zero-order valence-corrected chi connectivity index (χ0v) is 12.9. The zero-order valence-electron chi connectivity index (χ0n) is 12.9. The average Bonchev–Trinajstić information content (AvgIpc) is 3.29. The molecule has 6 nitrogen and oxygen atoms in total. The minimum Gasteiger partial charge on any atom is -0.468 e. The van der Waals surface area contributed by atoms with E-state index in [9.17, 15) is 4.79 Å². The molecular weight excluding hydrogens is 292 g/mol. The maximum absolute atomic E-state index is 12.1. The smallest absolute Gasteiger partial charge is 0.272 e. The monoisotopic (exact) mass is 312 g/mol. The fourth-order valence-corrected chi connectivity index (χ4v) is 3.45. The molecule has 4 rings (SSSR count). The fourth-order valence-electron chi connectivity index (χ4n) is 3.45. The highest BCUT2D eigenvalue weighted by Gasteiger charge is 2.24. The second-order valence-corrected chi connectivity index (χ2v) is 6.16. The summed E-state index contributed by atoms with van der Waals surface area (Å²) in [5.74, 6) is 0.955. The molecule has 0 bridgehead atoms. The van der Waals surface area contributed by atoms with Gasteiger partial charge in [-0.25, -0.2) is 9.50 Å². The predicted molar refractivity (Wildman–Crippen MR) is 86.0 cm³/mol. The molecule has 1 N–H and O–H groups in total. The second kappa shape index (κ2) is 6.04. The van der Waals surface area contributed by atoms with E-state index in [-0.39, 0.29) is 5.56 Å². The normalized spacial score (nSPS) is 15.9. The maximum atomic E-state index is 12.1. The van der Waals surface area contributed by atoms with Gasteiger partial charge in [0, 0.05) is 30.9 Å². The Kier molecular flexibility index (Phi) is 3.75. The van der Waals surface area contributed by atoms with Crippen LogP contribution in [0.4, 0.5) is 0 Å². The summed E-state index contributed by atoms with van der Waals surface area (Å²) < 4.78 is 6.96. The summed E-state index contributed by atoms with van der Waals surface area (Å²) in [7, 11) is 0. The first-order chi connectivity index (χ1) is 11.3. The highest BCUT2D eigenvalue weighted by atomic mass is 16.3. The predicted octanol–water partition coefficient (Wildman–Crippen LogP) is 2.56. The molecule has 120 valence electrons. The molecule has 1 saturated carbocycles. The van der Waals surface area contributed by atoms with Crippen LogP contribution in [-0.4, -0.2) is 25.5 Å². The average molecular weight is 312 g/mol. The van der Waals surface area contributed by atoms with Crippen LogP contribution >= 0.6 is 0 Å². The summed E-state index contributed by atoms with van der Waals surface area (Å²) in [5.41, 5.74) is 1.41. The van der Waals surface area contributed by atoms with Crippen LogP contribution in [0.3, 0.4) is 0 Å². The number of H-pyrrole nitrogens is 1. The van der Waals surface area contributed by atoms with Crippen molar-refractivity contribution < 1.29 is 4.42 Å². The molecule has 1 aliphatic carbocycles. The first-order valence-electron chi connectivity index (χ1n) is 8.12. The van der Waals surface area contributed by atoms with Gasteiger partial charge < -0.3 is 4.42 Å². The molecule has 23 heavy (non-hydrogen) atoms. The first-order valence-corrected chi connectivity index (χ1v) is 8.12. The molecule has 0 spiro atoms. The van der Waals surface area contributed by atoms with Gasteiger partial charge in [-0.1, -0.05) is 12.8 Å². The number of hydrogen-bond acceptors (Lipinski definition) is 4. The van der Waals surface area contributed by atoms with Crippen molar-refractivity contribution in [2.24, 2.45) is 0 Å². The summed E-state index contributed by atoms with van der Waals surface area (Å²) in [6.07, 6.45) is 8.38. The van der Waals surface area contributed by atoms with E-state index in [1.165, 1.54) is 30.2 Å². The Morgan fingerprint density at radius 2 is 2.17 bits per heavy atom. The van der Waals surface area contributed by atoms with Crippen molar-refractivity contribution in [2.45, 2.75) is 44.8 Å². The summed E-state index contributed by atoms with van der Waals surface area (Å²) in [5, 5.41) is 2.87. The van der Waals surface area contributed by atoms with Crippen LogP contribution in [0.25, 0.3) is 5.65 Å². The minimum atomic E-state index is -0.0700. The van der Waals surface area contributed by atoms with Crippen LogP contribution in [0.5, 0.6) is 0 Å². The van der Waals surface area contributed by atoms with E-state index in [1.807, 2.05) is 18.2 Å². The summed E-state index contributed by atoms with van der Waals surface area (Å²) in [6, 6.07) is 7.88. The molecule has 3 aromatic rings. The van der Waals surface area contributed by atoms with Crippen LogP contribution in [0, 0.1) is 0 Å².